The molecule has 7 heteroatoms. The van der Waals surface area contributed by atoms with Gasteiger partial charge in [0.25, 0.3) is 0 Å². The van der Waals surface area contributed by atoms with E-state index >= 15 is 0 Å². The van der Waals surface area contributed by atoms with Crippen LogP contribution in [0.15, 0.2) is 34.8 Å². The first-order valence-electron chi connectivity index (χ1n) is 7.27. The van der Waals surface area contributed by atoms with Gasteiger partial charge in [-0.05, 0) is 42.5 Å². The molecule has 2 aromatic heterocycles. The van der Waals surface area contributed by atoms with Crippen LogP contribution in [0.2, 0.25) is 0 Å². The minimum absolute atomic E-state index is 0. The number of hydrogen-bond acceptors (Lipinski definition) is 4. The number of aryl methyl sites for hydroxylation is 1. The molecule has 0 aliphatic rings. The van der Waals surface area contributed by atoms with E-state index in [9.17, 15) is 0 Å². The summed E-state index contributed by atoms with van der Waals surface area (Å²) >= 11 is 1.76. The average Bonchev–Trinajstić information content (AvgIpc) is 2.95. The highest BCUT2D eigenvalue weighted by molar-refractivity contribution is 14.0. The number of methoxy groups -OCH3 is 1. The summed E-state index contributed by atoms with van der Waals surface area (Å²) in [7, 11) is 1.62. The van der Waals surface area contributed by atoms with Crippen molar-refractivity contribution < 1.29 is 4.74 Å². The van der Waals surface area contributed by atoms with Crippen molar-refractivity contribution in [3.8, 4) is 5.88 Å². The molecule has 0 unspecified atom stereocenters. The molecule has 2 aromatic rings. The SMILES string of the molecule is CCNC(=NCc1ccnc(OC)c1)NCc1sccc1C.I. The molecule has 5 nitrogen and oxygen atoms in total. The Bertz CT molecular complexity index is 630. The highest BCUT2D eigenvalue weighted by atomic mass is 127. The number of rotatable bonds is 6. The van der Waals surface area contributed by atoms with Crippen LogP contribution in [0, 0.1) is 6.92 Å². The van der Waals surface area contributed by atoms with Crippen LogP contribution >= 0.6 is 35.3 Å². The maximum absolute atomic E-state index is 5.13. The maximum Gasteiger partial charge on any atom is 0.213 e. The lowest BCUT2D eigenvalue weighted by molar-refractivity contribution is 0.397. The largest absolute Gasteiger partial charge is 0.481 e. The van der Waals surface area contributed by atoms with Gasteiger partial charge < -0.3 is 15.4 Å². The predicted octanol–water partition coefficient (Wildman–Crippen LogP) is 3.33. The van der Waals surface area contributed by atoms with Crippen LogP contribution in [0.4, 0.5) is 0 Å². The number of thiophene rings is 1. The molecule has 2 rings (SSSR count). The fraction of sp³-hybridized carbons (Fsp3) is 0.375. The molecule has 0 aromatic carbocycles. The van der Waals surface area contributed by atoms with Gasteiger partial charge in [-0.15, -0.1) is 35.3 Å². The number of halogens is 1. The minimum atomic E-state index is 0. The van der Waals surface area contributed by atoms with Crippen molar-refractivity contribution in [2.45, 2.75) is 26.9 Å². The Labute approximate surface area is 158 Å². The van der Waals surface area contributed by atoms with Gasteiger partial charge in [0.1, 0.15) is 0 Å². The zero-order valence-electron chi connectivity index (χ0n) is 13.6. The third-order valence-electron chi connectivity index (χ3n) is 3.16. The topological polar surface area (TPSA) is 58.5 Å². The van der Waals surface area contributed by atoms with E-state index in [4.69, 9.17) is 4.74 Å². The minimum Gasteiger partial charge on any atom is -0.481 e. The zero-order valence-corrected chi connectivity index (χ0v) is 16.8. The second-order valence-corrected chi connectivity index (χ2v) is 5.78. The molecule has 0 saturated heterocycles. The Morgan fingerprint density at radius 2 is 2.17 bits per heavy atom. The van der Waals surface area contributed by atoms with Crippen LogP contribution in [0.1, 0.15) is 22.9 Å². The fourth-order valence-corrected chi connectivity index (χ4v) is 2.77. The number of nitrogens with one attached hydrogen (secondary N) is 2. The van der Waals surface area contributed by atoms with E-state index in [1.807, 2.05) is 12.1 Å². The summed E-state index contributed by atoms with van der Waals surface area (Å²) in [5.41, 5.74) is 2.38. The number of aliphatic imine (C=N–C) groups is 1. The number of aromatic nitrogens is 1. The Morgan fingerprint density at radius 1 is 1.35 bits per heavy atom. The van der Waals surface area contributed by atoms with Crippen molar-refractivity contribution in [1.29, 1.82) is 0 Å². The molecule has 2 heterocycles. The molecule has 0 amide bonds. The van der Waals surface area contributed by atoms with Crippen molar-refractivity contribution >= 4 is 41.3 Å². The molecule has 0 radical (unpaired) electrons. The van der Waals surface area contributed by atoms with E-state index in [0.717, 1.165) is 24.6 Å². The first-order chi connectivity index (χ1) is 10.7. The van der Waals surface area contributed by atoms with E-state index in [0.29, 0.717) is 12.4 Å². The van der Waals surface area contributed by atoms with E-state index < -0.39 is 0 Å². The Morgan fingerprint density at radius 3 is 2.83 bits per heavy atom. The molecule has 23 heavy (non-hydrogen) atoms. The molecule has 0 saturated carbocycles. The van der Waals surface area contributed by atoms with Crippen molar-refractivity contribution in [1.82, 2.24) is 15.6 Å². The number of guanidine groups is 1. The van der Waals surface area contributed by atoms with Crippen LogP contribution in [0.3, 0.4) is 0 Å². The van der Waals surface area contributed by atoms with E-state index in [-0.39, 0.29) is 24.0 Å². The number of ether oxygens (including phenoxy) is 1. The highest BCUT2D eigenvalue weighted by Crippen LogP contribution is 2.14. The lowest BCUT2D eigenvalue weighted by Gasteiger charge is -2.11. The summed E-state index contributed by atoms with van der Waals surface area (Å²) in [4.78, 5) is 10.0. The van der Waals surface area contributed by atoms with Gasteiger partial charge in [0.2, 0.25) is 5.88 Å². The summed E-state index contributed by atoms with van der Waals surface area (Å²) in [6.45, 7) is 6.38. The second kappa shape index (κ2) is 10.4. The molecule has 2 N–H and O–H groups in total. The summed E-state index contributed by atoms with van der Waals surface area (Å²) in [5.74, 6) is 1.42. The lowest BCUT2D eigenvalue weighted by atomic mass is 10.3. The smallest absolute Gasteiger partial charge is 0.213 e. The average molecular weight is 446 g/mol. The van der Waals surface area contributed by atoms with E-state index in [1.54, 1.807) is 24.6 Å². The Hall–Kier alpha value is -1.35. The third-order valence-corrected chi connectivity index (χ3v) is 4.18. The maximum atomic E-state index is 5.13. The van der Waals surface area contributed by atoms with Crippen molar-refractivity contribution in [2.24, 2.45) is 4.99 Å². The number of hydrogen-bond donors (Lipinski definition) is 2. The van der Waals surface area contributed by atoms with Crippen LogP contribution in [0.25, 0.3) is 0 Å². The second-order valence-electron chi connectivity index (χ2n) is 4.78. The molecule has 126 valence electrons. The third kappa shape index (κ3) is 6.34. The molecule has 0 fully saturated rings. The van der Waals surface area contributed by atoms with E-state index in [2.05, 4.69) is 45.9 Å². The van der Waals surface area contributed by atoms with Gasteiger partial charge in [-0.25, -0.2) is 9.98 Å². The first kappa shape index (κ1) is 19.7. The summed E-state index contributed by atoms with van der Waals surface area (Å²) in [6, 6.07) is 5.98. The monoisotopic (exact) mass is 446 g/mol. The van der Waals surface area contributed by atoms with Crippen molar-refractivity contribution in [3.05, 3.63) is 45.8 Å². The van der Waals surface area contributed by atoms with Crippen molar-refractivity contribution in [3.63, 3.8) is 0 Å². The molecular formula is C16H23IN4OS. The van der Waals surface area contributed by atoms with Gasteiger partial charge >= 0.3 is 0 Å². The molecule has 0 atom stereocenters. The normalized spacial score (nSPS) is 10.8. The number of pyridine rings is 1. The molecule has 0 aliphatic heterocycles. The van der Waals surface area contributed by atoms with Gasteiger partial charge in [0.15, 0.2) is 5.96 Å². The summed E-state index contributed by atoms with van der Waals surface area (Å²) < 4.78 is 5.13. The van der Waals surface area contributed by atoms with Gasteiger partial charge in [-0.2, -0.15) is 0 Å². The first-order valence-corrected chi connectivity index (χ1v) is 8.15. The Balaban J connectivity index is 0.00000264. The molecule has 0 spiro atoms. The standard InChI is InChI=1S/C16H22N4OS.HI/c1-4-17-16(20-11-14-12(2)6-8-22-14)19-10-13-5-7-18-15(9-13)21-3;/h5-9H,4,10-11H2,1-3H3,(H2,17,19,20);1H. The Kier molecular flexibility index (Phi) is 8.93. The summed E-state index contributed by atoms with van der Waals surface area (Å²) in [5, 5.41) is 8.74. The zero-order chi connectivity index (χ0) is 15.8. The van der Waals surface area contributed by atoms with Gasteiger partial charge in [0, 0.05) is 23.7 Å². The number of nitrogens with zero attached hydrogens (tertiary/aromatic N) is 2. The van der Waals surface area contributed by atoms with Gasteiger partial charge in [-0.1, -0.05) is 0 Å². The molecular weight excluding hydrogens is 423 g/mol. The fourth-order valence-electron chi connectivity index (χ4n) is 1.92. The molecule has 0 bridgehead atoms. The highest BCUT2D eigenvalue weighted by Gasteiger charge is 2.02. The van der Waals surface area contributed by atoms with Gasteiger partial charge in [-0.3, -0.25) is 0 Å². The van der Waals surface area contributed by atoms with Crippen LogP contribution in [0.5, 0.6) is 5.88 Å². The van der Waals surface area contributed by atoms with Gasteiger partial charge in [0.05, 0.1) is 20.2 Å². The predicted molar refractivity (Wildman–Crippen MR) is 107 cm³/mol. The van der Waals surface area contributed by atoms with Crippen LogP contribution in [-0.4, -0.2) is 24.6 Å². The van der Waals surface area contributed by atoms with E-state index in [1.165, 1.54) is 10.4 Å². The quantitative estimate of drug-likeness (QED) is 0.406. The lowest BCUT2D eigenvalue weighted by Crippen LogP contribution is -2.36. The molecule has 0 aliphatic carbocycles. The van der Waals surface area contributed by atoms with Crippen molar-refractivity contribution in [2.75, 3.05) is 13.7 Å². The van der Waals surface area contributed by atoms with Crippen LogP contribution < -0.4 is 15.4 Å². The summed E-state index contributed by atoms with van der Waals surface area (Å²) in [6.07, 6.45) is 1.74. The van der Waals surface area contributed by atoms with Crippen LogP contribution in [-0.2, 0) is 13.1 Å².